The molecule has 0 saturated carbocycles. The van der Waals surface area contributed by atoms with Crippen molar-refractivity contribution in [3.8, 4) is 0 Å². The van der Waals surface area contributed by atoms with E-state index < -0.39 is 11.2 Å². The van der Waals surface area contributed by atoms with Crippen molar-refractivity contribution in [1.82, 2.24) is 24.5 Å². The Morgan fingerprint density at radius 1 is 1.47 bits per heavy atom. The van der Waals surface area contributed by atoms with Crippen LogP contribution in [-0.2, 0) is 6.67 Å². The number of anilines is 1. The maximum atomic E-state index is 11.3. The van der Waals surface area contributed by atoms with Crippen molar-refractivity contribution in [2.24, 2.45) is 0 Å². The van der Waals surface area contributed by atoms with Crippen LogP contribution in [0, 0.1) is 0 Å². The molecule has 8 heteroatoms. The average molecular weight is 208 g/mol. The highest BCUT2D eigenvalue weighted by atomic mass is 16.2. The first-order valence-corrected chi connectivity index (χ1v) is 4.10. The van der Waals surface area contributed by atoms with E-state index in [0.29, 0.717) is 0 Å². The third-order valence-corrected chi connectivity index (χ3v) is 1.81. The van der Waals surface area contributed by atoms with Crippen LogP contribution < -0.4 is 17.0 Å². The number of aromatic nitrogens is 5. The van der Waals surface area contributed by atoms with Gasteiger partial charge in [0.25, 0.3) is 5.56 Å². The summed E-state index contributed by atoms with van der Waals surface area (Å²) < 4.78 is 2.66. The quantitative estimate of drug-likeness (QED) is 0.605. The number of nitrogens with zero attached hydrogens (tertiary/aromatic N) is 4. The number of H-pyrrole nitrogens is 1. The lowest BCUT2D eigenvalue weighted by Crippen LogP contribution is -2.32. The summed E-state index contributed by atoms with van der Waals surface area (Å²) in [5, 5.41) is 7.26. The van der Waals surface area contributed by atoms with Gasteiger partial charge in [0.05, 0.1) is 6.20 Å². The van der Waals surface area contributed by atoms with E-state index in [9.17, 15) is 9.59 Å². The van der Waals surface area contributed by atoms with Crippen molar-refractivity contribution >= 4 is 5.69 Å². The predicted octanol–water partition coefficient (Wildman–Crippen LogP) is -1.78. The maximum absolute atomic E-state index is 11.3. The Kier molecular flexibility index (Phi) is 2.08. The zero-order valence-electron chi connectivity index (χ0n) is 7.62. The van der Waals surface area contributed by atoms with E-state index in [2.05, 4.69) is 15.3 Å². The molecular weight excluding hydrogens is 200 g/mol. The van der Waals surface area contributed by atoms with Gasteiger partial charge in [-0.05, 0) is 0 Å². The number of hydrogen-bond donors (Lipinski definition) is 2. The van der Waals surface area contributed by atoms with E-state index in [0.717, 1.165) is 0 Å². The zero-order chi connectivity index (χ0) is 10.8. The molecule has 2 heterocycles. The minimum atomic E-state index is -0.588. The molecule has 2 rings (SSSR count). The van der Waals surface area contributed by atoms with Gasteiger partial charge in [-0.25, -0.2) is 9.48 Å². The number of hydrogen-bond acceptors (Lipinski definition) is 5. The van der Waals surface area contributed by atoms with Gasteiger partial charge in [0.15, 0.2) is 0 Å². The molecular formula is C7H8N6O2. The molecule has 78 valence electrons. The van der Waals surface area contributed by atoms with E-state index in [4.69, 9.17) is 5.73 Å². The summed E-state index contributed by atoms with van der Waals surface area (Å²) in [6.45, 7) is 0.153. The summed E-state index contributed by atoms with van der Waals surface area (Å²) in [5.41, 5.74) is 4.23. The third-order valence-electron chi connectivity index (χ3n) is 1.81. The maximum Gasteiger partial charge on any atom is 0.329 e. The van der Waals surface area contributed by atoms with Gasteiger partial charge in [0, 0.05) is 12.4 Å². The van der Waals surface area contributed by atoms with Crippen LogP contribution in [0.1, 0.15) is 0 Å². The molecule has 2 aromatic rings. The third kappa shape index (κ3) is 1.77. The molecule has 2 aromatic heterocycles. The van der Waals surface area contributed by atoms with E-state index in [-0.39, 0.29) is 12.4 Å². The fourth-order valence-corrected chi connectivity index (χ4v) is 1.10. The Labute approximate surface area is 83.0 Å². The second-order valence-electron chi connectivity index (χ2n) is 2.90. The van der Waals surface area contributed by atoms with E-state index in [1.54, 1.807) is 6.20 Å². The van der Waals surface area contributed by atoms with Crippen molar-refractivity contribution in [3.63, 3.8) is 0 Å². The van der Waals surface area contributed by atoms with Gasteiger partial charge in [-0.1, -0.05) is 5.21 Å². The highest BCUT2D eigenvalue weighted by Crippen LogP contribution is 1.88. The van der Waals surface area contributed by atoms with Gasteiger partial charge < -0.3 is 5.73 Å². The first kappa shape index (κ1) is 9.19. The Morgan fingerprint density at radius 3 is 2.93 bits per heavy atom. The highest BCUT2D eigenvalue weighted by Gasteiger charge is 2.01. The fraction of sp³-hybridized carbons (Fsp3) is 0.143. The molecule has 0 fully saturated rings. The topological polar surface area (TPSA) is 112 Å². The molecule has 0 aliphatic carbocycles. The minimum Gasteiger partial charge on any atom is -0.393 e. The second-order valence-corrected chi connectivity index (χ2v) is 2.90. The van der Waals surface area contributed by atoms with Gasteiger partial charge in [-0.3, -0.25) is 14.3 Å². The molecule has 0 saturated heterocycles. The van der Waals surface area contributed by atoms with Crippen LogP contribution in [0.15, 0.2) is 28.2 Å². The molecule has 0 aliphatic heterocycles. The molecule has 0 bridgehead atoms. The molecule has 0 spiro atoms. The Bertz CT molecular complexity index is 566. The van der Waals surface area contributed by atoms with Crippen LogP contribution in [0.2, 0.25) is 0 Å². The largest absolute Gasteiger partial charge is 0.393 e. The Balaban J connectivity index is 2.42. The van der Waals surface area contributed by atoms with E-state index in [1.807, 2.05) is 0 Å². The first-order chi connectivity index (χ1) is 7.16. The molecule has 0 aromatic carbocycles. The summed E-state index contributed by atoms with van der Waals surface area (Å²) >= 11 is 0. The lowest BCUT2D eigenvalue weighted by molar-refractivity contribution is 0.510. The highest BCUT2D eigenvalue weighted by molar-refractivity contribution is 5.30. The van der Waals surface area contributed by atoms with Gasteiger partial charge in [-0.2, -0.15) is 0 Å². The van der Waals surface area contributed by atoms with Gasteiger partial charge in [0.1, 0.15) is 12.4 Å². The lowest BCUT2D eigenvalue weighted by atomic mass is 10.5. The van der Waals surface area contributed by atoms with Gasteiger partial charge >= 0.3 is 5.69 Å². The van der Waals surface area contributed by atoms with Crippen LogP contribution in [0.4, 0.5) is 5.69 Å². The smallest absolute Gasteiger partial charge is 0.329 e. The molecule has 0 aliphatic rings. The second kappa shape index (κ2) is 3.40. The number of nitrogens with two attached hydrogens (primary N) is 1. The molecule has 0 unspecified atom stereocenters. The SMILES string of the molecule is Nc1cn(Cn2ccnn2)c(=O)[nH]c1=O. The summed E-state index contributed by atoms with van der Waals surface area (Å²) in [4.78, 5) is 24.4. The van der Waals surface area contributed by atoms with Crippen LogP contribution in [0.5, 0.6) is 0 Å². The number of aromatic amines is 1. The zero-order valence-corrected chi connectivity index (χ0v) is 7.62. The van der Waals surface area contributed by atoms with Crippen LogP contribution >= 0.6 is 0 Å². The van der Waals surface area contributed by atoms with Crippen LogP contribution in [0.3, 0.4) is 0 Å². The number of rotatable bonds is 2. The predicted molar refractivity (Wildman–Crippen MR) is 51.2 cm³/mol. The summed E-state index contributed by atoms with van der Waals surface area (Å²) in [6, 6.07) is 0. The number of nitrogen functional groups attached to an aromatic ring is 1. The van der Waals surface area contributed by atoms with Crippen LogP contribution in [-0.4, -0.2) is 24.5 Å². The van der Waals surface area contributed by atoms with Crippen molar-refractivity contribution in [2.45, 2.75) is 6.67 Å². The Hall–Kier alpha value is -2.38. The normalized spacial score (nSPS) is 10.4. The van der Waals surface area contributed by atoms with Gasteiger partial charge in [-0.15, -0.1) is 5.10 Å². The van der Waals surface area contributed by atoms with Crippen molar-refractivity contribution < 1.29 is 0 Å². The number of nitrogens with one attached hydrogen (secondary N) is 1. The van der Waals surface area contributed by atoms with Gasteiger partial charge in [0.2, 0.25) is 0 Å². The van der Waals surface area contributed by atoms with Crippen molar-refractivity contribution in [1.29, 1.82) is 0 Å². The molecule has 0 amide bonds. The molecule has 0 radical (unpaired) electrons. The fourth-order valence-electron chi connectivity index (χ4n) is 1.10. The standard InChI is InChI=1S/C7H8N6O2/c8-5-3-12(7(15)10-6(5)14)4-13-2-1-9-11-13/h1-3H,4,8H2,(H,10,14,15). The first-order valence-electron chi connectivity index (χ1n) is 4.10. The van der Waals surface area contributed by atoms with Crippen LogP contribution in [0.25, 0.3) is 0 Å². The molecule has 3 N–H and O–H groups in total. The van der Waals surface area contributed by atoms with Crippen molar-refractivity contribution in [2.75, 3.05) is 5.73 Å². The summed E-state index contributed by atoms with van der Waals surface area (Å²) in [7, 11) is 0. The van der Waals surface area contributed by atoms with E-state index in [1.165, 1.54) is 21.6 Å². The molecule has 8 nitrogen and oxygen atoms in total. The Morgan fingerprint density at radius 2 is 2.27 bits per heavy atom. The minimum absolute atomic E-state index is 0.0188. The summed E-state index contributed by atoms with van der Waals surface area (Å²) in [5.74, 6) is 0. The monoisotopic (exact) mass is 208 g/mol. The molecule has 15 heavy (non-hydrogen) atoms. The van der Waals surface area contributed by atoms with E-state index >= 15 is 0 Å². The average Bonchev–Trinajstić information content (AvgIpc) is 2.67. The lowest BCUT2D eigenvalue weighted by Gasteiger charge is -2.04. The molecule has 0 atom stereocenters. The van der Waals surface area contributed by atoms with Crippen molar-refractivity contribution in [3.05, 3.63) is 39.4 Å². The summed E-state index contributed by atoms with van der Waals surface area (Å²) in [6.07, 6.45) is 4.34.